The molecular formula is C9H8IN3O. The number of nitrogens with two attached hydrogens (primary N) is 1. The highest BCUT2D eigenvalue weighted by molar-refractivity contribution is 14.1. The van der Waals surface area contributed by atoms with Gasteiger partial charge in [-0.15, -0.1) is 0 Å². The zero-order chi connectivity index (χ0) is 10.3. The number of hydrogen-bond donors (Lipinski definition) is 2. The smallest absolute Gasteiger partial charge is 0.261 e. The molecule has 1 heterocycles. The summed E-state index contributed by atoms with van der Waals surface area (Å²) in [4.78, 5) is 18.1. The van der Waals surface area contributed by atoms with Gasteiger partial charge in [-0.3, -0.25) is 9.78 Å². The number of nitrogens with one attached hydrogen (secondary N) is 1. The van der Waals surface area contributed by atoms with Crippen LogP contribution in [0.25, 0.3) is 10.9 Å². The molecule has 0 bridgehead atoms. The largest absolute Gasteiger partial charge is 0.369 e. The van der Waals surface area contributed by atoms with E-state index in [1.807, 2.05) is 13.0 Å². The van der Waals surface area contributed by atoms with E-state index in [1.165, 1.54) is 0 Å². The summed E-state index contributed by atoms with van der Waals surface area (Å²) in [5, 5.41) is 0.611. The van der Waals surface area contributed by atoms with E-state index in [2.05, 4.69) is 32.6 Å². The molecule has 5 heteroatoms. The predicted molar refractivity (Wildman–Crippen MR) is 64.2 cm³/mol. The SMILES string of the molecule is Cc1ccc2nc(N)[nH]c(=O)c2c1I. The van der Waals surface area contributed by atoms with Gasteiger partial charge >= 0.3 is 0 Å². The van der Waals surface area contributed by atoms with Crippen LogP contribution in [-0.4, -0.2) is 9.97 Å². The fourth-order valence-electron chi connectivity index (χ4n) is 1.32. The lowest BCUT2D eigenvalue weighted by Crippen LogP contribution is -2.12. The van der Waals surface area contributed by atoms with Crippen LogP contribution in [0, 0.1) is 10.5 Å². The van der Waals surface area contributed by atoms with Crippen LogP contribution in [0.1, 0.15) is 5.56 Å². The molecule has 0 aliphatic rings. The number of nitrogen functional groups attached to an aromatic ring is 1. The van der Waals surface area contributed by atoms with Gasteiger partial charge in [-0.05, 0) is 41.1 Å². The molecule has 0 spiro atoms. The van der Waals surface area contributed by atoms with Gasteiger partial charge in [0.05, 0.1) is 10.9 Å². The van der Waals surface area contributed by atoms with Gasteiger partial charge in [0.15, 0.2) is 0 Å². The van der Waals surface area contributed by atoms with Crippen LogP contribution in [0.5, 0.6) is 0 Å². The Hall–Kier alpha value is -1.11. The molecule has 14 heavy (non-hydrogen) atoms. The van der Waals surface area contributed by atoms with Gasteiger partial charge in [-0.25, -0.2) is 4.98 Å². The molecule has 1 aromatic carbocycles. The number of aromatic amines is 1. The Morgan fingerprint density at radius 2 is 2.21 bits per heavy atom. The second-order valence-corrected chi connectivity index (χ2v) is 4.12. The van der Waals surface area contributed by atoms with Gasteiger partial charge < -0.3 is 5.73 Å². The van der Waals surface area contributed by atoms with E-state index in [0.29, 0.717) is 10.9 Å². The Labute approximate surface area is 93.7 Å². The monoisotopic (exact) mass is 301 g/mol. The van der Waals surface area contributed by atoms with Crippen molar-refractivity contribution in [2.45, 2.75) is 6.92 Å². The van der Waals surface area contributed by atoms with Crippen LogP contribution in [0.2, 0.25) is 0 Å². The summed E-state index contributed by atoms with van der Waals surface area (Å²) in [5.74, 6) is 0.155. The van der Waals surface area contributed by atoms with Gasteiger partial charge in [0.2, 0.25) is 5.95 Å². The summed E-state index contributed by atoms with van der Waals surface area (Å²) >= 11 is 2.14. The van der Waals surface area contributed by atoms with Gasteiger partial charge in [0, 0.05) is 3.57 Å². The van der Waals surface area contributed by atoms with Crippen molar-refractivity contribution in [3.63, 3.8) is 0 Å². The fourth-order valence-corrected chi connectivity index (χ4v) is 2.02. The van der Waals surface area contributed by atoms with Gasteiger partial charge in [-0.1, -0.05) is 6.07 Å². The molecule has 72 valence electrons. The summed E-state index contributed by atoms with van der Waals surface area (Å²) in [7, 11) is 0. The molecule has 0 unspecified atom stereocenters. The standard InChI is InChI=1S/C9H8IN3O/c1-4-2-3-5-6(7(4)10)8(14)13-9(11)12-5/h2-3H,1H3,(H3,11,12,13,14). The molecule has 0 saturated heterocycles. The molecule has 2 rings (SSSR count). The number of benzene rings is 1. The third kappa shape index (κ3) is 1.37. The number of hydrogen-bond acceptors (Lipinski definition) is 3. The molecule has 0 amide bonds. The number of aryl methyl sites for hydroxylation is 1. The van der Waals surface area contributed by atoms with E-state index in [-0.39, 0.29) is 11.5 Å². The molecule has 3 N–H and O–H groups in total. The zero-order valence-corrected chi connectivity index (χ0v) is 9.62. The number of aromatic nitrogens is 2. The molecule has 0 radical (unpaired) electrons. The zero-order valence-electron chi connectivity index (χ0n) is 7.47. The van der Waals surface area contributed by atoms with E-state index >= 15 is 0 Å². The first-order valence-corrected chi connectivity index (χ1v) is 5.12. The van der Waals surface area contributed by atoms with E-state index in [9.17, 15) is 4.79 Å². The summed E-state index contributed by atoms with van der Waals surface area (Å²) in [5.41, 5.74) is 6.97. The first-order valence-electron chi connectivity index (χ1n) is 4.04. The Balaban J connectivity index is 3.03. The second kappa shape index (κ2) is 3.23. The van der Waals surface area contributed by atoms with Gasteiger partial charge in [-0.2, -0.15) is 0 Å². The van der Waals surface area contributed by atoms with Gasteiger partial charge in [0.25, 0.3) is 5.56 Å². The highest BCUT2D eigenvalue weighted by Gasteiger charge is 2.07. The fraction of sp³-hybridized carbons (Fsp3) is 0.111. The quantitative estimate of drug-likeness (QED) is 0.723. The maximum absolute atomic E-state index is 11.6. The molecule has 0 aliphatic heterocycles. The van der Waals surface area contributed by atoms with Crippen LogP contribution in [-0.2, 0) is 0 Å². The van der Waals surface area contributed by atoms with Crippen molar-refractivity contribution in [1.82, 2.24) is 9.97 Å². The number of rotatable bonds is 0. The van der Waals surface area contributed by atoms with Crippen molar-refractivity contribution in [3.05, 3.63) is 31.6 Å². The summed E-state index contributed by atoms with van der Waals surface area (Å²) in [6.45, 7) is 1.96. The maximum atomic E-state index is 11.6. The minimum atomic E-state index is -0.180. The molecule has 2 aromatic rings. The van der Waals surface area contributed by atoms with Crippen LogP contribution in [0.3, 0.4) is 0 Å². The maximum Gasteiger partial charge on any atom is 0.261 e. The van der Waals surface area contributed by atoms with Crippen LogP contribution >= 0.6 is 22.6 Å². The van der Waals surface area contributed by atoms with Crippen molar-refractivity contribution in [2.24, 2.45) is 0 Å². The van der Waals surface area contributed by atoms with Crippen molar-refractivity contribution in [1.29, 1.82) is 0 Å². The van der Waals surface area contributed by atoms with Gasteiger partial charge in [0.1, 0.15) is 0 Å². The lowest BCUT2D eigenvalue weighted by atomic mass is 10.2. The minimum Gasteiger partial charge on any atom is -0.369 e. The Morgan fingerprint density at radius 1 is 1.50 bits per heavy atom. The minimum absolute atomic E-state index is 0.155. The second-order valence-electron chi connectivity index (χ2n) is 3.04. The average Bonchev–Trinajstić information content (AvgIpc) is 2.10. The first-order chi connectivity index (χ1) is 6.59. The molecular weight excluding hydrogens is 293 g/mol. The lowest BCUT2D eigenvalue weighted by Gasteiger charge is -2.02. The number of halogens is 1. The highest BCUT2D eigenvalue weighted by Crippen LogP contribution is 2.19. The summed E-state index contributed by atoms with van der Waals surface area (Å²) < 4.78 is 0.925. The molecule has 4 nitrogen and oxygen atoms in total. The van der Waals surface area contributed by atoms with Crippen molar-refractivity contribution < 1.29 is 0 Å². The molecule has 1 aromatic heterocycles. The van der Waals surface area contributed by atoms with Crippen molar-refractivity contribution >= 4 is 39.4 Å². The van der Waals surface area contributed by atoms with Crippen molar-refractivity contribution in [2.75, 3.05) is 5.73 Å². The topological polar surface area (TPSA) is 71.8 Å². The third-order valence-corrected chi connectivity index (χ3v) is 3.41. The Bertz CT molecular complexity index is 562. The Morgan fingerprint density at radius 3 is 2.93 bits per heavy atom. The summed E-state index contributed by atoms with van der Waals surface area (Å²) in [6.07, 6.45) is 0. The highest BCUT2D eigenvalue weighted by atomic mass is 127. The molecule has 0 saturated carbocycles. The number of fused-ring (bicyclic) bond motifs is 1. The molecule has 0 atom stereocenters. The average molecular weight is 301 g/mol. The first kappa shape index (κ1) is 9.45. The number of nitrogens with zero attached hydrogens (tertiary/aromatic N) is 1. The number of H-pyrrole nitrogens is 1. The van der Waals surface area contributed by atoms with E-state index in [4.69, 9.17) is 5.73 Å². The van der Waals surface area contributed by atoms with Crippen molar-refractivity contribution in [3.8, 4) is 0 Å². The third-order valence-electron chi connectivity index (χ3n) is 2.02. The predicted octanol–water partition coefficient (Wildman–Crippen LogP) is 1.42. The van der Waals surface area contributed by atoms with E-state index < -0.39 is 0 Å². The lowest BCUT2D eigenvalue weighted by molar-refractivity contribution is 1.18. The van der Waals surface area contributed by atoms with E-state index in [1.54, 1.807) is 6.07 Å². The van der Waals surface area contributed by atoms with Crippen LogP contribution < -0.4 is 11.3 Å². The molecule has 0 fully saturated rings. The Kier molecular flexibility index (Phi) is 2.18. The van der Waals surface area contributed by atoms with E-state index in [0.717, 1.165) is 9.13 Å². The summed E-state index contributed by atoms with van der Waals surface area (Å²) in [6, 6.07) is 3.73. The number of anilines is 1. The normalized spacial score (nSPS) is 10.7. The van der Waals surface area contributed by atoms with Crippen LogP contribution in [0.4, 0.5) is 5.95 Å². The molecule has 0 aliphatic carbocycles. The van der Waals surface area contributed by atoms with Crippen LogP contribution in [0.15, 0.2) is 16.9 Å².